The largest absolute Gasteiger partial charge is 0.493 e. The van der Waals surface area contributed by atoms with Gasteiger partial charge in [-0.2, -0.15) is 0 Å². The van der Waals surface area contributed by atoms with E-state index in [1.807, 2.05) is 5.38 Å². The van der Waals surface area contributed by atoms with Gasteiger partial charge in [0.15, 0.2) is 15.8 Å². The first-order valence-electron chi connectivity index (χ1n) is 9.11. The lowest BCUT2D eigenvalue weighted by Crippen LogP contribution is -2.15. The smallest absolute Gasteiger partial charge is 0.234 e. The van der Waals surface area contributed by atoms with Crippen LogP contribution in [0, 0.1) is 0 Å². The van der Waals surface area contributed by atoms with E-state index in [4.69, 9.17) is 21.1 Å². The quantitative estimate of drug-likeness (QED) is 0.433. The molecule has 0 aliphatic carbocycles. The third-order valence-corrected chi connectivity index (χ3v) is 6.32. The molecule has 1 aromatic heterocycles. The fraction of sp³-hybridized carbons (Fsp3) is 0.190. The summed E-state index contributed by atoms with van der Waals surface area (Å²) in [4.78, 5) is 28.8. The Bertz CT molecular complexity index is 1060. The van der Waals surface area contributed by atoms with Crippen LogP contribution >= 0.6 is 34.7 Å². The van der Waals surface area contributed by atoms with Crippen LogP contribution in [0.4, 0.5) is 11.4 Å². The molecule has 0 aliphatic rings. The molecular weight excluding hydrogens is 458 g/mol. The number of aromatic nitrogens is 1. The maximum absolute atomic E-state index is 12.3. The van der Waals surface area contributed by atoms with E-state index in [0.717, 1.165) is 4.34 Å². The van der Waals surface area contributed by atoms with Gasteiger partial charge in [0, 0.05) is 27.8 Å². The van der Waals surface area contributed by atoms with Crippen molar-refractivity contribution in [1.29, 1.82) is 0 Å². The lowest BCUT2D eigenvalue weighted by Gasteiger charge is -2.10. The standard InChI is InChI=1S/C21H20ClN3O4S2/c1-28-17-8-7-15(9-18(17)29-2)24-19(26)10-16-11-30-21(25-16)31-12-20(27)23-14-5-3-13(22)4-6-14/h3-9,11H,10,12H2,1-2H3,(H,23,27)(H,24,26). The minimum atomic E-state index is -0.199. The van der Waals surface area contributed by atoms with E-state index in [1.165, 1.54) is 30.2 Å². The Labute approximate surface area is 193 Å². The number of halogens is 1. The van der Waals surface area contributed by atoms with Gasteiger partial charge in [0.05, 0.1) is 32.1 Å². The predicted molar refractivity (Wildman–Crippen MR) is 125 cm³/mol. The van der Waals surface area contributed by atoms with Crippen LogP contribution in [0.1, 0.15) is 5.69 Å². The van der Waals surface area contributed by atoms with Gasteiger partial charge in [-0.3, -0.25) is 9.59 Å². The average molecular weight is 478 g/mol. The first-order valence-corrected chi connectivity index (χ1v) is 11.4. The van der Waals surface area contributed by atoms with Gasteiger partial charge in [-0.15, -0.1) is 11.3 Å². The normalized spacial score (nSPS) is 10.4. The Morgan fingerprint density at radius 1 is 1.00 bits per heavy atom. The summed E-state index contributed by atoms with van der Waals surface area (Å²) in [7, 11) is 3.09. The van der Waals surface area contributed by atoms with Gasteiger partial charge in [-0.25, -0.2) is 4.98 Å². The van der Waals surface area contributed by atoms with Crippen LogP contribution < -0.4 is 20.1 Å². The molecule has 3 aromatic rings. The lowest BCUT2D eigenvalue weighted by molar-refractivity contribution is -0.116. The van der Waals surface area contributed by atoms with Gasteiger partial charge in [-0.05, 0) is 36.4 Å². The Kier molecular flexibility index (Phi) is 8.16. The summed E-state index contributed by atoms with van der Waals surface area (Å²) in [6.45, 7) is 0. The van der Waals surface area contributed by atoms with E-state index in [9.17, 15) is 9.59 Å². The summed E-state index contributed by atoms with van der Waals surface area (Å²) >= 11 is 8.55. The van der Waals surface area contributed by atoms with Crippen LogP contribution in [0.2, 0.25) is 5.02 Å². The second kappa shape index (κ2) is 11.0. The molecule has 0 unspecified atom stereocenters. The molecule has 0 radical (unpaired) electrons. The number of hydrogen-bond donors (Lipinski definition) is 2. The van der Waals surface area contributed by atoms with Crippen LogP contribution in [-0.4, -0.2) is 36.8 Å². The van der Waals surface area contributed by atoms with Crippen molar-refractivity contribution in [3.8, 4) is 11.5 Å². The van der Waals surface area contributed by atoms with Crippen molar-refractivity contribution in [1.82, 2.24) is 4.98 Å². The van der Waals surface area contributed by atoms with E-state index >= 15 is 0 Å². The number of anilines is 2. The van der Waals surface area contributed by atoms with Crippen molar-refractivity contribution >= 4 is 57.9 Å². The zero-order chi connectivity index (χ0) is 22.2. The third-order valence-electron chi connectivity index (χ3n) is 3.99. The second-order valence-corrected chi connectivity index (χ2v) is 8.76. The van der Waals surface area contributed by atoms with Crippen LogP contribution in [0.3, 0.4) is 0 Å². The van der Waals surface area contributed by atoms with E-state index < -0.39 is 0 Å². The molecule has 2 aromatic carbocycles. The number of nitrogens with one attached hydrogen (secondary N) is 2. The van der Waals surface area contributed by atoms with Gasteiger partial charge in [0.2, 0.25) is 11.8 Å². The Morgan fingerprint density at radius 2 is 1.68 bits per heavy atom. The van der Waals surface area contributed by atoms with Crippen molar-refractivity contribution in [2.24, 2.45) is 0 Å². The van der Waals surface area contributed by atoms with Crippen molar-refractivity contribution < 1.29 is 19.1 Å². The Hall–Kier alpha value is -2.75. The van der Waals surface area contributed by atoms with Crippen molar-refractivity contribution in [2.45, 2.75) is 10.8 Å². The van der Waals surface area contributed by atoms with Crippen molar-refractivity contribution in [3.63, 3.8) is 0 Å². The Balaban J connectivity index is 1.48. The maximum Gasteiger partial charge on any atom is 0.234 e. The van der Waals surface area contributed by atoms with E-state index in [1.54, 1.807) is 49.6 Å². The van der Waals surface area contributed by atoms with Gasteiger partial charge in [-0.1, -0.05) is 23.4 Å². The summed E-state index contributed by atoms with van der Waals surface area (Å²) < 4.78 is 11.2. The topological polar surface area (TPSA) is 89.5 Å². The molecule has 162 valence electrons. The molecule has 1 heterocycles. The molecule has 0 atom stereocenters. The number of nitrogens with zero attached hydrogens (tertiary/aromatic N) is 1. The van der Waals surface area contributed by atoms with E-state index in [2.05, 4.69) is 15.6 Å². The summed E-state index contributed by atoms with van der Waals surface area (Å²) in [5.74, 6) is 0.990. The van der Waals surface area contributed by atoms with Crippen molar-refractivity contribution in [2.75, 3.05) is 30.6 Å². The molecule has 0 saturated heterocycles. The van der Waals surface area contributed by atoms with Gasteiger partial charge in [0.1, 0.15) is 0 Å². The number of carbonyl (C=O) groups excluding carboxylic acids is 2. The molecule has 7 nitrogen and oxygen atoms in total. The number of methoxy groups -OCH3 is 2. The minimum Gasteiger partial charge on any atom is -0.493 e. The molecule has 0 fully saturated rings. The predicted octanol–water partition coefficient (Wildman–Crippen LogP) is 4.73. The molecule has 10 heteroatoms. The summed E-state index contributed by atoms with van der Waals surface area (Å²) in [5, 5.41) is 8.04. The van der Waals surface area contributed by atoms with Crippen molar-refractivity contribution in [3.05, 3.63) is 58.6 Å². The third kappa shape index (κ3) is 6.88. The fourth-order valence-electron chi connectivity index (χ4n) is 2.58. The molecule has 3 rings (SSSR count). The molecule has 2 amide bonds. The van der Waals surface area contributed by atoms with Gasteiger partial charge >= 0.3 is 0 Å². The minimum absolute atomic E-state index is 0.127. The molecule has 2 N–H and O–H groups in total. The highest BCUT2D eigenvalue weighted by molar-refractivity contribution is 8.01. The maximum atomic E-state index is 12.3. The summed E-state index contributed by atoms with van der Waals surface area (Å²) in [6, 6.07) is 12.1. The molecular formula is C21H20ClN3O4S2. The molecule has 0 saturated carbocycles. The fourth-order valence-corrected chi connectivity index (χ4v) is 4.35. The molecule has 0 aliphatic heterocycles. The number of hydrogen-bond acceptors (Lipinski definition) is 7. The SMILES string of the molecule is COc1ccc(NC(=O)Cc2csc(SCC(=O)Nc3ccc(Cl)cc3)n2)cc1OC. The monoisotopic (exact) mass is 477 g/mol. The van der Waals surface area contributed by atoms with E-state index in [-0.39, 0.29) is 24.0 Å². The highest BCUT2D eigenvalue weighted by Crippen LogP contribution is 2.30. The lowest BCUT2D eigenvalue weighted by atomic mass is 10.2. The number of rotatable bonds is 9. The molecule has 31 heavy (non-hydrogen) atoms. The first kappa shape index (κ1) is 22.9. The number of ether oxygens (including phenoxy) is 2. The van der Waals surface area contributed by atoms with Crippen LogP contribution in [-0.2, 0) is 16.0 Å². The summed E-state index contributed by atoms with van der Waals surface area (Å²) in [5.41, 5.74) is 1.93. The number of amides is 2. The van der Waals surface area contributed by atoms with Gasteiger partial charge in [0.25, 0.3) is 0 Å². The number of thioether (sulfide) groups is 1. The number of benzene rings is 2. The highest BCUT2D eigenvalue weighted by atomic mass is 35.5. The highest BCUT2D eigenvalue weighted by Gasteiger charge is 2.12. The van der Waals surface area contributed by atoms with Crippen LogP contribution in [0.25, 0.3) is 0 Å². The van der Waals surface area contributed by atoms with Crippen LogP contribution in [0.5, 0.6) is 11.5 Å². The Morgan fingerprint density at radius 3 is 2.39 bits per heavy atom. The zero-order valence-corrected chi connectivity index (χ0v) is 19.2. The number of carbonyl (C=O) groups is 2. The zero-order valence-electron chi connectivity index (χ0n) is 16.8. The van der Waals surface area contributed by atoms with Gasteiger partial charge < -0.3 is 20.1 Å². The summed E-state index contributed by atoms with van der Waals surface area (Å²) in [6.07, 6.45) is 0.127. The van der Waals surface area contributed by atoms with Crippen LogP contribution in [0.15, 0.2) is 52.2 Å². The molecule has 0 spiro atoms. The first-order chi connectivity index (χ1) is 15.0. The number of thiazole rings is 1. The second-order valence-electron chi connectivity index (χ2n) is 6.24. The van der Waals surface area contributed by atoms with E-state index in [0.29, 0.717) is 33.6 Å². The molecule has 0 bridgehead atoms. The average Bonchev–Trinajstić information content (AvgIpc) is 3.21.